The summed E-state index contributed by atoms with van der Waals surface area (Å²) in [5, 5.41) is 8.22. The third kappa shape index (κ3) is 5.06. The van der Waals surface area contributed by atoms with Crippen LogP contribution in [0, 0.1) is 0 Å². The Hall–Kier alpha value is -3.59. The van der Waals surface area contributed by atoms with E-state index in [1.54, 1.807) is 54.6 Å². The number of benzene rings is 2. The zero-order chi connectivity index (χ0) is 21.7. The van der Waals surface area contributed by atoms with Gasteiger partial charge in [0.05, 0.1) is 24.1 Å². The van der Waals surface area contributed by atoms with Crippen LogP contribution in [-0.2, 0) is 20.9 Å². The highest BCUT2D eigenvalue weighted by Crippen LogP contribution is 2.33. The van der Waals surface area contributed by atoms with E-state index in [9.17, 15) is 19.2 Å². The molecule has 0 spiro atoms. The van der Waals surface area contributed by atoms with Gasteiger partial charge in [0.25, 0.3) is 11.1 Å². The molecule has 0 aliphatic carbocycles. The second kappa shape index (κ2) is 9.27. The number of methoxy groups -OCH3 is 1. The van der Waals surface area contributed by atoms with E-state index in [1.807, 2.05) is 0 Å². The molecule has 9 heteroatoms. The van der Waals surface area contributed by atoms with E-state index in [-0.39, 0.29) is 11.4 Å². The number of amides is 2. The molecule has 30 heavy (non-hydrogen) atoms. The van der Waals surface area contributed by atoms with Crippen molar-refractivity contribution in [2.45, 2.75) is 6.54 Å². The first-order chi connectivity index (χ1) is 14.4. The van der Waals surface area contributed by atoms with Gasteiger partial charge in [-0.05, 0) is 53.2 Å². The van der Waals surface area contributed by atoms with E-state index >= 15 is 0 Å². The van der Waals surface area contributed by atoms with Gasteiger partial charge in [-0.1, -0.05) is 24.3 Å². The lowest BCUT2D eigenvalue weighted by atomic mass is 10.1. The van der Waals surface area contributed by atoms with Crippen molar-refractivity contribution in [2.75, 3.05) is 13.7 Å². The van der Waals surface area contributed by atoms with Gasteiger partial charge in [-0.2, -0.15) is 0 Å². The maximum Gasteiger partial charge on any atom is 0.341 e. The van der Waals surface area contributed by atoms with Gasteiger partial charge in [0.15, 0.2) is 6.61 Å². The molecule has 0 aromatic heterocycles. The van der Waals surface area contributed by atoms with Gasteiger partial charge < -0.3 is 14.6 Å². The highest BCUT2D eigenvalue weighted by molar-refractivity contribution is 8.18. The number of hydrogen-bond donors (Lipinski definition) is 1. The van der Waals surface area contributed by atoms with E-state index in [0.29, 0.717) is 22.4 Å². The fourth-order valence-electron chi connectivity index (χ4n) is 2.69. The number of thioether (sulfide) groups is 1. The first-order valence-electron chi connectivity index (χ1n) is 8.74. The molecule has 1 N–H and O–H groups in total. The Balaban J connectivity index is 1.71. The number of carbonyl (C=O) groups excluding carboxylic acids is 3. The van der Waals surface area contributed by atoms with Crippen molar-refractivity contribution in [1.29, 1.82) is 0 Å². The minimum atomic E-state index is -1.08. The smallest absolute Gasteiger partial charge is 0.341 e. The topological polar surface area (TPSA) is 110 Å². The van der Waals surface area contributed by atoms with Crippen molar-refractivity contribution in [3.8, 4) is 5.75 Å². The van der Waals surface area contributed by atoms with Crippen LogP contribution in [0.15, 0.2) is 53.4 Å². The summed E-state index contributed by atoms with van der Waals surface area (Å²) in [6.07, 6.45) is 1.58. The van der Waals surface area contributed by atoms with Gasteiger partial charge in [-0.15, -0.1) is 0 Å². The van der Waals surface area contributed by atoms with Gasteiger partial charge in [-0.25, -0.2) is 9.59 Å². The fourth-order valence-corrected chi connectivity index (χ4v) is 3.53. The van der Waals surface area contributed by atoms with Crippen LogP contribution in [0.5, 0.6) is 5.75 Å². The van der Waals surface area contributed by atoms with Crippen molar-refractivity contribution >= 4 is 40.9 Å². The Morgan fingerprint density at radius 1 is 1.13 bits per heavy atom. The summed E-state index contributed by atoms with van der Waals surface area (Å²) >= 11 is 0.827. The third-order valence-corrected chi connectivity index (χ3v) is 5.01. The predicted molar refractivity (Wildman–Crippen MR) is 109 cm³/mol. The van der Waals surface area contributed by atoms with Crippen LogP contribution < -0.4 is 4.74 Å². The standard InChI is InChI=1S/C21H17NO7S/c1-28-20(26)15-4-2-3-14(9-15)11-22-19(25)17(30-21(22)27)10-13-5-7-16(8-6-13)29-12-18(23)24/h2-10H,11-12H2,1H3,(H,23,24)/b17-10+. The normalized spacial score (nSPS) is 14.8. The number of hydrogen-bond acceptors (Lipinski definition) is 7. The van der Waals surface area contributed by atoms with Crippen molar-refractivity contribution in [3.05, 3.63) is 70.1 Å². The molecule has 0 atom stereocenters. The number of imide groups is 1. The minimum Gasteiger partial charge on any atom is -0.482 e. The lowest BCUT2D eigenvalue weighted by molar-refractivity contribution is -0.139. The zero-order valence-corrected chi connectivity index (χ0v) is 16.7. The van der Waals surface area contributed by atoms with E-state index in [4.69, 9.17) is 9.84 Å². The molecule has 1 aliphatic rings. The number of carbonyl (C=O) groups is 4. The van der Waals surface area contributed by atoms with E-state index < -0.39 is 29.7 Å². The van der Waals surface area contributed by atoms with E-state index in [2.05, 4.69) is 4.74 Å². The second-order valence-corrected chi connectivity index (χ2v) is 7.20. The molecular weight excluding hydrogens is 410 g/mol. The van der Waals surface area contributed by atoms with Gasteiger partial charge in [-0.3, -0.25) is 14.5 Å². The Bertz CT molecular complexity index is 1030. The van der Waals surface area contributed by atoms with E-state index in [1.165, 1.54) is 7.11 Å². The molecule has 2 aromatic rings. The lowest BCUT2D eigenvalue weighted by Gasteiger charge is -2.13. The van der Waals surface area contributed by atoms with Crippen LogP contribution in [0.2, 0.25) is 0 Å². The lowest BCUT2D eigenvalue weighted by Crippen LogP contribution is -2.27. The van der Waals surface area contributed by atoms with Crippen LogP contribution in [0.3, 0.4) is 0 Å². The molecule has 3 rings (SSSR count). The molecule has 1 heterocycles. The monoisotopic (exact) mass is 427 g/mol. The first kappa shape index (κ1) is 21.1. The van der Waals surface area contributed by atoms with E-state index in [0.717, 1.165) is 16.7 Å². The molecule has 1 saturated heterocycles. The molecule has 8 nitrogen and oxygen atoms in total. The molecule has 1 aliphatic heterocycles. The Kier molecular flexibility index (Phi) is 6.53. The van der Waals surface area contributed by atoms with Crippen molar-refractivity contribution in [1.82, 2.24) is 4.90 Å². The largest absolute Gasteiger partial charge is 0.482 e. The van der Waals surface area contributed by atoms with Gasteiger partial charge in [0, 0.05) is 0 Å². The summed E-state index contributed by atoms with van der Waals surface area (Å²) in [5.74, 6) is -1.63. The number of nitrogens with zero attached hydrogens (tertiary/aromatic N) is 1. The number of rotatable bonds is 7. The molecular formula is C21H17NO7S. The molecule has 0 unspecified atom stereocenters. The SMILES string of the molecule is COC(=O)c1cccc(CN2C(=O)S/C(=C/c3ccc(OCC(=O)O)cc3)C2=O)c1. The van der Waals surface area contributed by atoms with Crippen LogP contribution in [-0.4, -0.2) is 46.8 Å². The second-order valence-electron chi connectivity index (χ2n) is 6.21. The van der Waals surface area contributed by atoms with Gasteiger partial charge >= 0.3 is 11.9 Å². The first-order valence-corrected chi connectivity index (χ1v) is 9.56. The van der Waals surface area contributed by atoms with Crippen molar-refractivity contribution in [2.24, 2.45) is 0 Å². The molecule has 0 bridgehead atoms. The average molecular weight is 427 g/mol. The fraction of sp³-hybridized carbons (Fsp3) is 0.143. The number of carboxylic acid groups (broad SMARTS) is 1. The molecule has 154 valence electrons. The number of aliphatic carboxylic acids is 1. The number of carboxylic acids is 1. The summed E-state index contributed by atoms with van der Waals surface area (Å²) in [5.41, 5.74) is 1.62. The summed E-state index contributed by atoms with van der Waals surface area (Å²) < 4.78 is 9.75. The zero-order valence-electron chi connectivity index (χ0n) is 15.9. The van der Waals surface area contributed by atoms with Crippen LogP contribution >= 0.6 is 11.8 Å². The van der Waals surface area contributed by atoms with Crippen LogP contribution in [0.1, 0.15) is 21.5 Å². The highest BCUT2D eigenvalue weighted by atomic mass is 32.2. The van der Waals surface area contributed by atoms with Crippen molar-refractivity contribution < 1.29 is 33.8 Å². The molecule has 0 saturated carbocycles. The summed E-state index contributed by atoms with van der Waals surface area (Å²) in [7, 11) is 1.28. The Morgan fingerprint density at radius 3 is 2.53 bits per heavy atom. The summed E-state index contributed by atoms with van der Waals surface area (Å²) in [4.78, 5) is 48.6. The van der Waals surface area contributed by atoms with Crippen LogP contribution in [0.4, 0.5) is 4.79 Å². The minimum absolute atomic E-state index is 0.0365. The summed E-state index contributed by atoms with van der Waals surface area (Å²) in [6, 6.07) is 13.0. The molecule has 2 amide bonds. The maximum atomic E-state index is 12.7. The Morgan fingerprint density at radius 2 is 1.87 bits per heavy atom. The third-order valence-electron chi connectivity index (χ3n) is 4.10. The molecule has 0 radical (unpaired) electrons. The number of esters is 1. The van der Waals surface area contributed by atoms with Gasteiger partial charge in [0.1, 0.15) is 5.75 Å². The maximum absolute atomic E-state index is 12.7. The van der Waals surface area contributed by atoms with Gasteiger partial charge in [0.2, 0.25) is 0 Å². The van der Waals surface area contributed by atoms with Crippen molar-refractivity contribution in [3.63, 3.8) is 0 Å². The average Bonchev–Trinajstić information content (AvgIpc) is 3.00. The number of ether oxygens (including phenoxy) is 2. The van der Waals surface area contributed by atoms with Crippen LogP contribution in [0.25, 0.3) is 6.08 Å². The summed E-state index contributed by atoms with van der Waals surface area (Å²) in [6.45, 7) is -0.412. The molecule has 1 fully saturated rings. The highest BCUT2D eigenvalue weighted by Gasteiger charge is 2.35. The predicted octanol–water partition coefficient (Wildman–Crippen LogP) is 3.17. The molecule has 2 aromatic carbocycles. The Labute approximate surface area is 176 Å². The quantitative estimate of drug-likeness (QED) is 0.530.